The molecule has 5 nitrogen and oxygen atoms in total. The summed E-state index contributed by atoms with van der Waals surface area (Å²) in [6.07, 6.45) is 2.10. The second-order valence-corrected chi connectivity index (χ2v) is 6.78. The molecule has 0 fully saturated rings. The van der Waals surface area contributed by atoms with Crippen molar-refractivity contribution < 1.29 is 13.2 Å². The van der Waals surface area contributed by atoms with Gasteiger partial charge in [0.1, 0.15) is 0 Å². The molecule has 0 saturated heterocycles. The van der Waals surface area contributed by atoms with Crippen molar-refractivity contribution in [3.8, 4) is 0 Å². The van der Waals surface area contributed by atoms with Crippen LogP contribution in [0, 0.1) is 0 Å². The van der Waals surface area contributed by atoms with Crippen LogP contribution in [0.15, 0.2) is 23.1 Å². The van der Waals surface area contributed by atoms with E-state index >= 15 is 0 Å². The number of ether oxygens (including phenoxy) is 1. The number of rotatable bonds is 6. The SMILES string of the molecule is CCN(CCOC)S(=O)(=O)c1ccc2c(c1)NCCC2. The Morgan fingerprint density at radius 2 is 2.20 bits per heavy atom. The molecule has 1 aliphatic rings. The van der Waals surface area contributed by atoms with Gasteiger partial charge in [0.15, 0.2) is 0 Å². The maximum atomic E-state index is 12.6. The normalized spacial score (nSPS) is 14.9. The fourth-order valence-electron chi connectivity index (χ4n) is 2.39. The van der Waals surface area contributed by atoms with Crippen molar-refractivity contribution in [2.24, 2.45) is 0 Å². The van der Waals surface area contributed by atoms with Gasteiger partial charge in [0, 0.05) is 32.4 Å². The summed E-state index contributed by atoms with van der Waals surface area (Å²) in [5.74, 6) is 0. The third-order valence-corrected chi connectivity index (χ3v) is 5.53. The van der Waals surface area contributed by atoms with E-state index in [2.05, 4.69) is 5.32 Å². The first-order valence-corrected chi connectivity index (χ1v) is 8.39. The molecule has 2 rings (SSSR count). The fraction of sp³-hybridized carbons (Fsp3) is 0.571. The summed E-state index contributed by atoms with van der Waals surface area (Å²) in [5.41, 5.74) is 2.13. The molecule has 0 aliphatic carbocycles. The van der Waals surface area contributed by atoms with Crippen LogP contribution < -0.4 is 5.32 Å². The summed E-state index contributed by atoms with van der Waals surface area (Å²) >= 11 is 0. The van der Waals surface area contributed by atoms with Gasteiger partial charge in [-0.1, -0.05) is 13.0 Å². The molecular formula is C14H22N2O3S. The Kier molecular flexibility index (Phi) is 5.01. The van der Waals surface area contributed by atoms with Gasteiger partial charge in [-0.15, -0.1) is 0 Å². The summed E-state index contributed by atoms with van der Waals surface area (Å²) in [6, 6.07) is 5.37. The molecule has 0 amide bonds. The van der Waals surface area contributed by atoms with Gasteiger partial charge in [-0.05, 0) is 30.5 Å². The topological polar surface area (TPSA) is 58.6 Å². The van der Waals surface area contributed by atoms with Gasteiger partial charge in [0.25, 0.3) is 0 Å². The molecule has 0 saturated carbocycles. The van der Waals surface area contributed by atoms with Gasteiger partial charge < -0.3 is 10.1 Å². The lowest BCUT2D eigenvalue weighted by Gasteiger charge is -2.22. The van der Waals surface area contributed by atoms with Crippen LogP contribution in [0.25, 0.3) is 0 Å². The van der Waals surface area contributed by atoms with Crippen molar-refractivity contribution in [3.63, 3.8) is 0 Å². The molecule has 0 atom stereocenters. The predicted molar refractivity (Wildman–Crippen MR) is 79.6 cm³/mol. The Hall–Kier alpha value is -1.11. The number of anilines is 1. The van der Waals surface area contributed by atoms with Crippen molar-refractivity contribution in [3.05, 3.63) is 23.8 Å². The summed E-state index contributed by atoms with van der Waals surface area (Å²) in [7, 11) is -1.87. The lowest BCUT2D eigenvalue weighted by Crippen LogP contribution is -2.33. The molecule has 1 aromatic rings. The molecule has 0 spiro atoms. The monoisotopic (exact) mass is 298 g/mol. The second kappa shape index (κ2) is 6.56. The molecule has 0 radical (unpaired) electrons. The molecule has 1 heterocycles. The third kappa shape index (κ3) is 3.13. The van der Waals surface area contributed by atoms with Gasteiger partial charge in [-0.3, -0.25) is 0 Å². The smallest absolute Gasteiger partial charge is 0.243 e. The van der Waals surface area contributed by atoms with E-state index in [-0.39, 0.29) is 0 Å². The van der Waals surface area contributed by atoms with Crippen LogP contribution in [0.5, 0.6) is 0 Å². The van der Waals surface area contributed by atoms with Crippen molar-refractivity contribution in [2.45, 2.75) is 24.7 Å². The number of sulfonamides is 1. The van der Waals surface area contributed by atoms with Gasteiger partial charge in [-0.2, -0.15) is 4.31 Å². The zero-order valence-electron chi connectivity index (χ0n) is 12.1. The molecule has 0 aromatic heterocycles. The minimum atomic E-state index is -3.44. The van der Waals surface area contributed by atoms with Crippen LogP contribution >= 0.6 is 0 Å². The Labute approximate surface area is 121 Å². The van der Waals surface area contributed by atoms with Crippen molar-refractivity contribution >= 4 is 15.7 Å². The molecule has 1 N–H and O–H groups in total. The molecule has 1 aromatic carbocycles. The number of hydrogen-bond donors (Lipinski definition) is 1. The third-order valence-electron chi connectivity index (χ3n) is 3.55. The maximum absolute atomic E-state index is 12.6. The minimum absolute atomic E-state index is 0.351. The van der Waals surface area contributed by atoms with Crippen LogP contribution in [-0.2, 0) is 21.2 Å². The number of hydrogen-bond acceptors (Lipinski definition) is 4. The maximum Gasteiger partial charge on any atom is 0.243 e. The molecule has 0 unspecified atom stereocenters. The summed E-state index contributed by atoms with van der Waals surface area (Å²) in [4.78, 5) is 0.351. The Morgan fingerprint density at radius 3 is 2.90 bits per heavy atom. The van der Waals surface area contributed by atoms with E-state index in [1.54, 1.807) is 19.2 Å². The Balaban J connectivity index is 2.28. The zero-order valence-corrected chi connectivity index (χ0v) is 12.9. The molecule has 112 valence electrons. The highest BCUT2D eigenvalue weighted by atomic mass is 32.2. The van der Waals surface area contributed by atoms with Crippen molar-refractivity contribution in [1.82, 2.24) is 4.31 Å². The number of methoxy groups -OCH3 is 1. The highest BCUT2D eigenvalue weighted by Crippen LogP contribution is 2.26. The highest BCUT2D eigenvalue weighted by Gasteiger charge is 2.24. The van der Waals surface area contributed by atoms with Crippen molar-refractivity contribution in [2.75, 3.05) is 38.7 Å². The van der Waals surface area contributed by atoms with E-state index in [4.69, 9.17) is 4.74 Å². The number of aryl methyl sites for hydroxylation is 1. The van der Waals surface area contributed by atoms with E-state index in [9.17, 15) is 8.42 Å². The first-order valence-electron chi connectivity index (χ1n) is 6.95. The Bertz CT molecular complexity index is 558. The van der Waals surface area contributed by atoms with Crippen LogP contribution in [0.3, 0.4) is 0 Å². The highest BCUT2D eigenvalue weighted by molar-refractivity contribution is 7.89. The number of benzene rings is 1. The minimum Gasteiger partial charge on any atom is -0.385 e. The number of nitrogens with one attached hydrogen (secondary N) is 1. The first-order chi connectivity index (χ1) is 9.59. The van der Waals surface area contributed by atoms with Crippen LogP contribution in [-0.4, -0.2) is 46.1 Å². The quantitative estimate of drug-likeness (QED) is 0.868. The average Bonchev–Trinajstić information content (AvgIpc) is 2.47. The first kappa shape index (κ1) is 15.3. The van der Waals surface area contributed by atoms with Crippen molar-refractivity contribution in [1.29, 1.82) is 0 Å². The molecule has 20 heavy (non-hydrogen) atoms. The van der Waals surface area contributed by atoms with E-state index in [0.717, 1.165) is 25.1 Å². The van der Waals surface area contributed by atoms with Gasteiger partial charge in [0.05, 0.1) is 11.5 Å². The zero-order chi connectivity index (χ0) is 14.6. The second-order valence-electron chi connectivity index (χ2n) is 4.84. The van der Waals surface area contributed by atoms with E-state index in [1.165, 1.54) is 9.87 Å². The molecule has 6 heteroatoms. The number of likely N-dealkylation sites (N-methyl/N-ethyl adjacent to an activating group) is 1. The summed E-state index contributed by atoms with van der Waals surface area (Å²) in [5, 5.41) is 3.27. The molecular weight excluding hydrogens is 276 g/mol. The molecule has 1 aliphatic heterocycles. The van der Waals surface area contributed by atoms with E-state index in [0.29, 0.717) is 24.6 Å². The predicted octanol–water partition coefficient (Wildman–Crippen LogP) is 1.70. The van der Waals surface area contributed by atoms with Gasteiger partial charge in [-0.25, -0.2) is 8.42 Å². The lowest BCUT2D eigenvalue weighted by atomic mass is 10.0. The van der Waals surface area contributed by atoms with Crippen LogP contribution in [0.1, 0.15) is 18.9 Å². The fourth-order valence-corrected chi connectivity index (χ4v) is 3.85. The Morgan fingerprint density at radius 1 is 1.40 bits per heavy atom. The van der Waals surface area contributed by atoms with Crippen LogP contribution in [0.4, 0.5) is 5.69 Å². The van der Waals surface area contributed by atoms with Gasteiger partial charge >= 0.3 is 0 Å². The number of fused-ring (bicyclic) bond motifs is 1. The molecule has 0 bridgehead atoms. The lowest BCUT2D eigenvalue weighted by molar-refractivity contribution is 0.180. The summed E-state index contributed by atoms with van der Waals surface area (Å²) < 4.78 is 31.6. The standard InChI is InChI=1S/C14H22N2O3S/c1-3-16(9-10-19-2)20(17,18)13-7-6-12-5-4-8-15-14(12)11-13/h6-7,11,15H,3-5,8-10H2,1-2H3. The van der Waals surface area contributed by atoms with Crippen LogP contribution in [0.2, 0.25) is 0 Å². The van der Waals surface area contributed by atoms with E-state index in [1.807, 2.05) is 13.0 Å². The number of nitrogens with zero attached hydrogens (tertiary/aromatic N) is 1. The largest absolute Gasteiger partial charge is 0.385 e. The van der Waals surface area contributed by atoms with E-state index < -0.39 is 10.0 Å². The average molecular weight is 298 g/mol. The van der Waals surface area contributed by atoms with Gasteiger partial charge in [0.2, 0.25) is 10.0 Å². The summed E-state index contributed by atoms with van der Waals surface area (Å²) in [6.45, 7) is 3.95.